The van der Waals surface area contributed by atoms with Gasteiger partial charge in [0.25, 0.3) is 0 Å². The Labute approximate surface area is 295 Å². The number of methoxy groups -OCH3 is 1. The number of ether oxygens (including phenoxy) is 9. The maximum absolute atomic E-state index is 12.3. The number of esters is 1. The predicted octanol–water partition coefficient (Wildman–Crippen LogP) is -5.85. The van der Waals surface area contributed by atoms with Gasteiger partial charge >= 0.3 is 5.97 Å². The van der Waals surface area contributed by atoms with Gasteiger partial charge in [-0.2, -0.15) is 0 Å². The molecule has 4 saturated heterocycles. The molecule has 4 heterocycles. The van der Waals surface area contributed by atoms with Crippen LogP contribution < -0.4 is 4.74 Å². The van der Waals surface area contributed by atoms with Gasteiger partial charge in [0.15, 0.2) is 36.7 Å². The SMILES string of the molecule is COc1cc(C=CC(=O)OCC2OC(O)C(OC3OCC(O)C(O)C3OC3OC(CO)C(O)C(OC4OCC(O)C(O)C4O)C3O)C2O)ccc1O. The summed E-state index contributed by atoms with van der Waals surface area (Å²) in [4.78, 5) is 12.3. The van der Waals surface area contributed by atoms with E-state index in [1.54, 1.807) is 0 Å². The Kier molecular flexibility index (Phi) is 13.8. The molecule has 0 saturated carbocycles. The van der Waals surface area contributed by atoms with Gasteiger partial charge in [0.2, 0.25) is 0 Å². The van der Waals surface area contributed by atoms with Crippen LogP contribution in [0.3, 0.4) is 0 Å². The quantitative estimate of drug-likeness (QED) is 0.0699. The topological polar surface area (TPSA) is 323 Å². The van der Waals surface area contributed by atoms with Gasteiger partial charge in [-0.05, 0) is 23.8 Å². The molecule has 17 atom stereocenters. The molecule has 0 spiro atoms. The summed E-state index contributed by atoms with van der Waals surface area (Å²) in [7, 11) is 1.36. The van der Waals surface area contributed by atoms with Gasteiger partial charge in [0.05, 0.1) is 26.9 Å². The minimum atomic E-state index is -1.96. The fourth-order valence-electron chi connectivity index (χ4n) is 5.90. The molecule has 5 rings (SSSR count). The summed E-state index contributed by atoms with van der Waals surface area (Å²) in [6.45, 7) is -2.38. The third-order valence-electron chi connectivity index (χ3n) is 8.90. The molecule has 294 valence electrons. The third-order valence-corrected chi connectivity index (χ3v) is 8.90. The largest absolute Gasteiger partial charge is 0.504 e. The molecule has 17 unspecified atom stereocenters. The first-order chi connectivity index (χ1) is 24.7. The highest BCUT2D eigenvalue weighted by Crippen LogP contribution is 2.33. The van der Waals surface area contributed by atoms with E-state index in [4.69, 9.17) is 42.6 Å². The summed E-state index contributed by atoms with van der Waals surface area (Å²) in [6, 6.07) is 4.35. The molecule has 0 bridgehead atoms. The second kappa shape index (κ2) is 17.7. The van der Waals surface area contributed by atoms with Gasteiger partial charge in [-0.3, -0.25) is 0 Å². The van der Waals surface area contributed by atoms with Crippen LogP contribution in [0.2, 0.25) is 0 Å². The van der Waals surface area contributed by atoms with Crippen molar-refractivity contribution in [2.45, 2.75) is 105 Å². The first-order valence-electron chi connectivity index (χ1n) is 16.2. The van der Waals surface area contributed by atoms with Gasteiger partial charge in [-0.15, -0.1) is 0 Å². The Morgan fingerprint density at radius 2 is 1.38 bits per heavy atom. The summed E-state index contributed by atoms with van der Waals surface area (Å²) < 4.78 is 48.6. The van der Waals surface area contributed by atoms with Crippen LogP contribution in [0.15, 0.2) is 24.3 Å². The Morgan fingerprint density at radius 1 is 0.750 bits per heavy atom. The average molecular weight is 753 g/mol. The van der Waals surface area contributed by atoms with E-state index >= 15 is 0 Å². The number of phenols is 1. The molecular weight excluding hydrogens is 708 g/mol. The van der Waals surface area contributed by atoms with Crippen molar-refractivity contribution in [2.75, 3.05) is 33.5 Å². The number of benzene rings is 1. The van der Waals surface area contributed by atoms with Crippen molar-refractivity contribution >= 4 is 12.0 Å². The molecule has 4 fully saturated rings. The molecule has 11 N–H and O–H groups in total. The lowest BCUT2D eigenvalue weighted by Crippen LogP contribution is -2.65. The summed E-state index contributed by atoms with van der Waals surface area (Å²) in [5.41, 5.74) is 0.499. The molecule has 0 aliphatic carbocycles. The number of aliphatic hydroxyl groups is 10. The number of hydrogen-bond acceptors (Lipinski definition) is 21. The van der Waals surface area contributed by atoms with Crippen LogP contribution in [0.25, 0.3) is 6.08 Å². The van der Waals surface area contributed by atoms with Crippen molar-refractivity contribution in [3.05, 3.63) is 29.8 Å². The molecule has 4 aliphatic rings. The van der Waals surface area contributed by atoms with E-state index in [2.05, 4.69) is 0 Å². The van der Waals surface area contributed by atoms with Crippen LogP contribution in [0.5, 0.6) is 11.5 Å². The summed E-state index contributed by atoms with van der Waals surface area (Å²) >= 11 is 0. The molecule has 52 heavy (non-hydrogen) atoms. The van der Waals surface area contributed by atoms with Gasteiger partial charge < -0.3 is 98.8 Å². The Balaban J connectivity index is 1.22. The van der Waals surface area contributed by atoms with E-state index in [1.807, 2.05) is 0 Å². The number of carbonyl (C=O) groups excluding carboxylic acids is 1. The monoisotopic (exact) mass is 752 g/mol. The van der Waals surface area contributed by atoms with E-state index in [0.717, 1.165) is 6.08 Å². The Hall–Kier alpha value is -2.65. The number of aliphatic hydroxyl groups excluding tert-OH is 10. The van der Waals surface area contributed by atoms with Crippen LogP contribution in [-0.2, 0) is 42.7 Å². The smallest absolute Gasteiger partial charge is 0.330 e. The van der Waals surface area contributed by atoms with E-state index in [-0.39, 0.29) is 11.5 Å². The van der Waals surface area contributed by atoms with Gasteiger partial charge in [-0.25, -0.2) is 4.79 Å². The number of hydrogen-bond donors (Lipinski definition) is 11. The maximum atomic E-state index is 12.3. The lowest BCUT2D eigenvalue weighted by molar-refractivity contribution is -0.380. The normalized spacial score (nSPS) is 42.7. The third kappa shape index (κ3) is 8.99. The van der Waals surface area contributed by atoms with E-state index in [9.17, 15) is 61.0 Å². The molecule has 21 nitrogen and oxygen atoms in total. The molecule has 21 heteroatoms. The summed E-state index contributed by atoms with van der Waals surface area (Å²) in [6.07, 6.45) is -26.2. The zero-order valence-electron chi connectivity index (χ0n) is 27.5. The van der Waals surface area contributed by atoms with Crippen LogP contribution in [0, 0.1) is 0 Å². The Morgan fingerprint density at radius 3 is 2.08 bits per heavy atom. The van der Waals surface area contributed by atoms with Crippen molar-refractivity contribution in [3.8, 4) is 11.5 Å². The van der Waals surface area contributed by atoms with Crippen molar-refractivity contribution in [3.63, 3.8) is 0 Å². The zero-order valence-corrected chi connectivity index (χ0v) is 27.5. The molecule has 0 aromatic heterocycles. The molecule has 0 amide bonds. The fourth-order valence-corrected chi connectivity index (χ4v) is 5.90. The summed E-state index contributed by atoms with van der Waals surface area (Å²) in [5, 5.41) is 114. The van der Waals surface area contributed by atoms with Crippen molar-refractivity contribution < 1.29 is 104 Å². The first kappa shape index (κ1) is 40.5. The van der Waals surface area contributed by atoms with Gasteiger partial charge in [-0.1, -0.05) is 6.07 Å². The van der Waals surface area contributed by atoms with Crippen LogP contribution in [-0.4, -0.2) is 200 Å². The molecule has 4 aliphatic heterocycles. The lowest BCUT2D eigenvalue weighted by Gasteiger charge is -2.47. The number of carbonyl (C=O) groups is 1. The lowest BCUT2D eigenvalue weighted by atomic mass is 9.97. The molecule has 0 radical (unpaired) electrons. The van der Waals surface area contributed by atoms with E-state index < -0.39 is 137 Å². The van der Waals surface area contributed by atoms with Crippen molar-refractivity contribution in [1.82, 2.24) is 0 Å². The minimum absolute atomic E-state index is 0.0996. The van der Waals surface area contributed by atoms with Crippen LogP contribution in [0.4, 0.5) is 0 Å². The predicted molar refractivity (Wildman–Crippen MR) is 163 cm³/mol. The van der Waals surface area contributed by atoms with Crippen LogP contribution in [0.1, 0.15) is 5.56 Å². The van der Waals surface area contributed by atoms with Crippen molar-refractivity contribution in [2.24, 2.45) is 0 Å². The highest BCUT2D eigenvalue weighted by molar-refractivity contribution is 5.87. The van der Waals surface area contributed by atoms with Gasteiger partial charge in [0, 0.05) is 6.08 Å². The second-order valence-electron chi connectivity index (χ2n) is 12.5. The molecular formula is C31H44O21. The highest BCUT2D eigenvalue weighted by atomic mass is 16.8. The average Bonchev–Trinajstić information content (AvgIpc) is 3.39. The standard InChI is InChI=1S/C31H44O21/c1-44-15-6-11(2-4-12(15)33)3-5-18(36)45-10-17-22(40)26(28(43)48-17)51-31-27(20(38)14(35)9-47-31)52-30-24(42)25(21(39)16(7-32)49-30)50-29-23(41)19(37)13(34)8-46-29/h2-6,13-14,16-17,19-35,37-43H,7-10H2,1H3. The second-order valence-corrected chi connectivity index (χ2v) is 12.5. The van der Waals surface area contributed by atoms with Gasteiger partial charge in [0.1, 0.15) is 86.0 Å². The molecule has 1 aromatic carbocycles. The number of rotatable bonds is 12. The first-order valence-corrected chi connectivity index (χ1v) is 16.2. The number of phenolic OH excluding ortho intramolecular Hbond substituents is 1. The zero-order chi connectivity index (χ0) is 37.9. The number of aromatic hydroxyl groups is 1. The Bertz CT molecular complexity index is 1350. The molecule has 1 aromatic rings. The maximum Gasteiger partial charge on any atom is 0.330 e. The fraction of sp³-hybridized carbons (Fsp3) is 0.710. The summed E-state index contributed by atoms with van der Waals surface area (Å²) in [5.74, 6) is -0.768. The van der Waals surface area contributed by atoms with E-state index in [1.165, 1.54) is 31.4 Å². The van der Waals surface area contributed by atoms with E-state index in [0.29, 0.717) is 5.56 Å². The highest BCUT2D eigenvalue weighted by Gasteiger charge is 2.53. The minimum Gasteiger partial charge on any atom is -0.504 e. The van der Waals surface area contributed by atoms with Crippen LogP contribution >= 0.6 is 0 Å². The van der Waals surface area contributed by atoms with Crippen molar-refractivity contribution in [1.29, 1.82) is 0 Å².